The molecule has 10 nitrogen and oxygen atoms in total. The molecule has 0 saturated carbocycles. The summed E-state index contributed by atoms with van der Waals surface area (Å²) in [5.74, 6) is 1.29. The standard InChI is InChI=1S/C24H25N5O5/c1-14-9-17(15(2)29(14)10-16-12-33-19-7-5-6-8-20(19)34-16)18(30)11-28-13-25-22-21(28)23(31)27(4)24(32)26(22)3/h5-9,13,16H,10-12H2,1-4H3/t16-/m1/s1. The maximum absolute atomic E-state index is 13.3. The number of fused-ring (bicyclic) bond motifs is 2. The molecule has 0 spiro atoms. The summed E-state index contributed by atoms with van der Waals surface area (Å²) >= 11 is 0. The molecule has 0 N–H and O–H groups in total. The summed E-state index contributed by atoms with van der Waals surface area (Å²) in [6, 6.07) is 9.40. The van der Waals surface area contributed by atoms with Crippen molar-refractivity contribution < 1.29 is 14.3 Å². The molecule has 0 radical (unpaired) electrons. The molecule has 4 heterocycles. The molecule has 5 rings (SSSR count). The highest BCUT2D eigenvalue weighted by Gasteiger charge is 2.24. The minimum absolute atomic E-state index is 0.0648. The summed E-state index contributed by atoms with van der Waals surface area (Å²) < 4.78 is 17.8. The zero-order valence-electron chi connectivity index (χ0n) is 19.4. The summed E-state index contributed by atoms with van der Waals surface area (Å²) in [6.45, 7) is 4.73. The maximum Gasteiger partial charge on any atom is 0.332 e. The molecular formula is C24H25N5O5. The van der Waals surface area contributed by atoms with Crippen molar-refractivity contribution in [1.29, 1.82) is 0 Å². The van der Waals surface area contributed by atoms with Crippen molar-refractivity contribution in [2.75, 3.05) is 6.61 Å². The number of nitrogens with zero attached hydrogens (tertiary/aromatic N) is 5. The fourth-order valence-corrected chi connectivity index (χ4v) is 4.48. The third-order valence-electron chi connectivity index (χ3n) is 6.36. The van der Waals surface area contributed by atoms with Crippen LogP contribution in [-0.2, 0) is 27.2 Å². The van der Waals surface area contributed by atoms with Gasteiger partial charge < -0.3 is 18.6 Å². The highest BCUT2D eigenvalue weighted by molar-refractivity contribution is 5.98. The predicted octanol–water partition coefficient (Wildman–Crippen LogP) is 1.57. The van der Waals surface area contributed by atoms with Crippen molar-refractivity contribution in [3.05, 3.63) is 74.4 Å². The number of benzene rings is 1. The summed E-state index contributed by atoms with van der Waals surface area (Å²) in [5, 5.41) is 0. The monoisotopic (exact) mass is 463 g/mol. The van der Waals surface area contributed by atoms with Crippen LogP contribution < -0.4 is 20.7 Å². The van der Waals surface area contributed by atoms with Crippen LogP contribution in [-0.4, -0.2) is 41.7 Å². The van der Waals surface area contributed by atoms with Crippen LogP contribution in [0.25, 0.3) is 11.2 Å². The van der Waals surface area contributed by atoms with E-state index < -0.39 is 11.2 Å². The van der Waals surface area contributed by atoms with Gasteiger partial charge in [0.1, 0.15) is 6.61 Å². The van der Waals surface area contributed by atoms with Crippen LogP contribution in [0.2, 0.25) is 0 Å². The largest absolute Gasteiger partial charge is 0.486 e. The molecule has 4 aromatic rings. The van der Waals surface area contributed by atoms with Crippen molar-refractivity contribution in [3.63, 3.8) is 0 Å². The van der Waals surface area contributed by atoms with E-state index in [2.05, 4.69) is 4.98 Å². The van der Waals surface area contributed by atoms with E-state index in [0.29, 0.717) is 24.5 Å². The topological polar surface area (TPSA) is 102 Å². The van der Waals surface area contributed by atoms with Crippen LogP contribution in [0.5, 0.6) is 11.5 Å². The number of rotatable bonds is 5. The molecular weight excluding hydrogens is 438 g/mol. The Hall–Kier alpha value is -4.08. The molecule has 1 aromatic carbocycles. The molecule has 1 aliphatic rings. The highest BCUT2D eigenvalue weighted by atomic mass is 16.6. The van der Waals surface area contributed by atoms with Crippen LogP contribution in [0.15, 0.2) is 46.2 Å². The number of para-hydroxylation sites is 2. The first kappa shape index (κ1) is 21.7. The van der Waals surface area contributed by atoms with E-state index in [-0.39, 0.29) is 29.6 Å². The minimum atomic E-state index is -0.483. The second-order valence-electron chi connectivity index (χ2n) is 8.57. The molecule has 34 heavy (non-hydrogen) atoms. The van der Waals surface area contributed by atoms with Crippen LogP contribution >= 0.6 is 0 Å². The van der Waals surface area contributed by atoms with E-state index >= 15 is 0 Å². The van der Waals surface area contributed by atoms with Gasteiger partial charge in [0.15, 0.2) is 34.6 Å². The Morgan fingerprint density at radius 2 is 1.85 bits per heavy atom. The Balaban J connectivity index is 1.41. The molecule has 0 fully saturated rings. The lowest BCUT2D eigenvalue weighted by atomic mass is 10.1. The van der Waals surface area contributed by atoms with Crippen LogP contribution in [0.3, 0.4) is 0 Å². The second kappa shape index (κ2) is 8.05. The second-order valence-corrected chi connectivity index (χ2v) is 8.57. The molecule has 0 unspecified atom stereocenters. The van der Waals surface area contributed by atoms with Gasteiger partial charge in [-0.3, -0.25) is 18.7 Å². The lowest BCUT2D eigenvalue weighted by Crippen LogP contribution is -2.37. The molecule has 0 saturated heterocycles. The molecule has 0 aliphatic carbocycles. The predicted molar refractivity (Wildman–Crippen MR) is 125 cm³/mol. The molecule has 3 aromatic heterocycles. The lowest BCUT2D eigenvalue weighted by Gasteiger charge is -2.27. The van der Waals surface area contributed by atoms with E-state index in [1.165, 1.54) is 22.5 Å². The number of aromatic nitrogens is 5. The first-order valence-corrected chi connectivity index (χ1v) is 11.0. The van der Waals surface area contributed by atoms with Crippen molar-refractivity contribution in [2.45, 2.75) is 33.0 Å². The van der Waals surface area contributed by atoms with Gasteiger partial charge in [-0.15, -0.1) is 0 Å². The van der Waals surface area contributed by atoms with Crippen LogP contribution in [0, 0.1) is 13.8 Å². The maximum atomic E-state index is 13.3. The summed E-state index contributed by atoms with van der Waals surface area (Å²) in [5.41, 5.74) is 1.84. The van der Waals surface area contributed by atoms with Crippen molar-refractivity contribution in [1.82, 2.24) is 23.3 Å². The third kappa shape index (κ3) is 3.42. The number of ether oxygens (including phenoxy) is 2. The molecule has 10 heteroatoms. The van der Waals surface area contributed by atoms with E-state index in [1.54, 1.807) is 7.05 Å². The highest BCUT2D eigenvalue weighted by Crippen LogP contribution is 2.31. The first-order chi connectivity index (χ1) is 16.3. The minimum Gasteiger partial charge on any atom is -0.486 e. The average molecular weight is 463 g/mol. The number of carbonyl (C=O) groups excluding carboxylic acids is 1. The molecule has 0 amide bonds. The third-order valence-corrected chi connectivity index (χ3v) is 6.36. The Morgan fingerprint density at radius 1 is 1.12 bits per heavy atom. The fourth-order valence-electron chi connectivity index (χ4n) is 4.48. The Labute approximate surface area is 194 Å². The summed E-state index contributed by atoms with van der Waals surface area (Å²) in [4.78, 5) is 42.3. The smallest absolute Gasteiger partial charge is 0.332 e. The number of Topliss-reactive ketones (excluding diaryl/α,β-unsaturated/α-hetero) is 1. The molecule has 176 valence electrons. The fraction of sp³-hybridized carbons (Fsp3) is 0.333. The van der Waals surface area contributed by atoms with Gasteiger partial charge in [0.2, 0.25) is 0 Å². The zero-order chi connectivity index (χ0) is 24.1. The number of aryl methyl sites for hydroxylation is 2. The normalized spacial score (nSPS) is 15.1. The van der Waals surface area contributed by atoms with Gasteiger partial charge in [-0.2, -0.15) is 0 Å². The molecule has 1 aliphatic heterocycles. The zero-order valence-corrected chi connectivity index (χ0v) is 19.4. The van der Waals surface area contributed by atoms with Gasteiger partial charge in [0, 0.05) is 31.0 Å². The van der Waals surface area contributed by atoms with E-state index in [9.17, 15) is 14.4 Å². The number of hydrogen-bond acceptors (Lipinski definition) is 6. The van der Waals surface area contributed by atoms with Crippen molar-refractivity contribution in [2.24, 2.45) is 14.1 Å². The van der Waals surface area contributed by atoms with Gasteiger partial charge in [-0.1, -0.05) is 12.1 Å². The Morgan fingerprint density at radius 3 is 2.62 bits per heavy atom. The number of carbonyl (C=O) groups is 1. The Kier molecular flexibility index (Phi) is 5.15. The number of ketones is 1. The van der Waals surface area contributed by atoms with Gasteiger partial charge in [0.25, 0.3) is 5.56 Å². The van der Waals surface area contributed by atoms with Crippen LogP contribution in [0.4, 0.5) is 0 Å². The SMILES string of the molecule is Cc1cc(C(=O)Cn2cnc3c2c(=O)n(C)c(=O)n3C)c(C)n1C[C@@H]1COc2ccccc2O1. The average Bonchev–Trinajstić information content (AvgIpc) is 3.37. The van der Waals surface area contributed by atoms with Crippen molar-refractivity contribution >= 4 is 16.9 Å². The number of imidazole rings is 1. The van der Waals surface area contributed by atoms with Gasteiger partial charge in [-0.25, -0.2) is 9.78 Å². The van der Waals surface area contributed by atoms with Crippen LogP contribution in [0.1, 0.15) is 21.7 Å². The molecule has 1 atom stereocenters. The summed E-state index contributed by atoms with van der Waals surface area (Å²) in [6.07, 6.45) is 1.23. The van der Waals surface area contributed by atoms with Gasteiger partial charge in [-0.05, 0) is 32.0 Å². The van der Waals surface area contributed by atoms with E-state index in [4.69, 9.17) is 9.47 Å². The van der Waals surface area contributed by atoms with E-state index in [0.717, 1.165) is 21.7 Å². The number of hydrogen-bond donors (Lipinski definition) is 0. The quantitative estimate of drug-likeness (QED) is 0.417. The molecule has 0 bridgehead atoms. The van der Waals surface area contributed by atoms with E-state index in [1.807, 2.05) is 48.7 Å². The summed E-state index contributed by atoms with van der Waals surface area (Å²) in [7, 11) is 2.96. The lowest BCUT2D eigenvalue weighted by molar-refractivity contribution is 0.0777. The van der Waals surface area contributed by atoms with Gasteiger partial charge in [0.05, 0.1) is 19.4 Å². The Bertz CT molecular complexity index is 1550. The van der Waals surface area contributed by atoms with Gasteiger partial charge >= 0.3 is 5.69 Å². The first-order valence-electron chi connectivity index (χ1n) is 11.0. The van der Waals surface area contributed by atoms with Crippen molar-refractivity contribution in [3.8, 4) is 11.5 Å².